The molecule has 0 saturated carbocycles. The fraction of sp³-hybridized carbons (Fsp3) is 0.435. The molecule has 0 N–H and O–H groups in total. The standard InChI is InChI=1S/C23H27N3O2S2/c1-14-7-15(2)10-18(9-14)26-22(28)21-19(5-6-29-21)24-23(26)30-13-20(27)25-11-16(3)8-17(4)12-25/h5-7,9-10,16-17H,8,11-13H2,1-4H3/t16-,17+. The third-order valence-corrected chi connectivity index (χ3v) is 7.28. The predicted molar refractivity (Wildman–Crippen MR) is 125 cm³/mol. The smallest absolute Gasteiger partial charge is 0.276 e. The minimum atomic E-state index is -0.0739. The largest absolute Gasteiger partial charge is 0.341 e. The van der Waals surface area contributed by atoms with Crippen LogP contribution in [0.1, 0.15) is 31.4 Å². The van der Waals surface area contributed by atoms with Gasteiger partial charge in [-0.2, -0.15) is 0 Å². The summed E-state index contributed by atoms with van der Waals surface area (Å²) in [6, 6.07) is 7.94. The van der Waals surface area contributed by atoms with Gasteiger partial charge in [0.1, 0.15) is 4.70 Å². The van der Waals surface area contributed by atoms with Gasteiger partial charge in [0.25, 0.3) is 5.56 Å². The molecule has 4 rings (SSSR count). The van der Waals surface area contributed by atoms with Gasteiger partial charge in [-0.25, -0.2) is 4.98 Å². The van der Waals surface area contributed by atoms with Crippen LogP contribution in [-0.4, -0.2) is 39.2 Å². The maximum atomic E-state index is 13.3. The van der Waals surface area contributed by atoms with Crippen LogP contribution in [0.25, 0.3) is 15.9 Å². The van der Waals surface area contributed by atoms with Crippen LogP contribution < -0.4 is 5.56 Å². The van der Waals surface area contributed by atoms with E-state index in [2.05, 4.69) is 19.9 Å². The Labute approximate surface area is 185 Å². The zero-order chi connectivity index (χ0) is 21.4. The summed E-state index contributed by atoms with van der Waals surface area (Å²) in [5.41, 5.74) is 3.60. The lowest BCUT2D eigenvalue weighted by Crippen LogP contribution is -2.43. The van der Waals surface area contributed by atoms with E-state index in [0.29, 0.717) is 27.2 Å². The summed E-state index contributed by atoms with van der Waals surface area (Å²) < 4.78 is 2.31. The van der Waals surface area contributed by atoms with E-state index in [0.717, 1.165) is 29.9 Å². The molecule has 3 aromatic rings. The number of rotatable bonds is 4. The van der Waals surface area contributed by atoms with Crippen LogP contribution in [-0.2, 0) is 4.79 Å². The minimum absolute atomic E-state index is 0.0739. The Morgan fingerprint density at radius 3 is 2.50 bits per heavy atom. The van der Waals surface area contributed by atoms with Gasteiger partial charge >= 0.3 is 0 Å². The Morgan fingerprint density at radius 1 is 1.17 bits per heavy atom. The number of carbonyl (C=O) groups is 1. The van der Waals surface area contributed by atoms with Crippen LogP contribution in [0.5, 0.6) is 0 Å². The summed E-state index contributed by atoms with van der Waals surface area (Å²) >= 11 is 2.76. The Kier molecular flexibility index (Phi) is 6.02. The molecule has 1 saturated heterocycles. The van der Waals surface area contributed by atoms with Gasteiger partial charge in [0.2, 0.25) is 5.91 Å². The van der Waals surface area contributed by atoms with Crippen LogP contribution >= 0.6 is 23.1 Å². The molecule has 1 amide bonds. The lowest BCUT2D eigenvalue weighted by atomic mass is 9.92. The molecule has 0 spiro atoms. The van der Waals surface area contributed by atoms with Crippen molar-refractivity contribution in [1.29, 1.82) is 0 Å². The van der Waals surface area contributed by atoms with E-state index in [1.807, 2.05) is 42.3 Å². The number of fused-ring (bicyclic) bond motifs is 1. The molecular weight excluding hydrogens is 414 g/mol. The zero-order valence-corrected chi connectivity index (χ0v) is 19.5. The first-order chi connectivity index (χ1) is 14.3. The van der Waals surface area contributed by atoms with Crippen molar-refractivity contribution in [2.24, 2.45) is 11.8 Å². The lowest BCUT2D eigenvalue weighted by molar-refractivity contribution is -0.130. The normalized spacial score (nSPS) is 19.4. The van der Waals surface area contributed by atoms with Crippen molar-refractivity contribution < 1.29 is 4.79 Å². The first kappa shape index (κ1) is 21.1. The number of nitrogens with zero attached hydrogens (tertiary/aromatic N) is 3. The SMILES string of the molecule is Cc1cc(C)cc(-n2c(SCC(=O)N3C[C@H](C)C[C@H](C)C3)nc3ccsc3c2=O)c1. The molecule has 0 bridgehead atoms. The highest BCUT2D eigenvalue weighted by Gasteiger charge is 2.26. The summed E-state index contributed by atoms with van der Waals surface area (Å²) in [6.07, 6.45) is 1.17. The highest BCUT2D eigenvalue weighted by atomic mass is 32.2. The van der Waals surface area contributed by atoms with Gasteiger partial charge in [0.15, 0.2) is 5.16 Å². The number of amides is 1. The Balaban J connectivity index is 1.68. The van der Waals surface area contributed by atoms with Crippen LogP contribution in [0.15, 0.2) is 39.6 Å². The minimum Gasteiger partial charge on any atom is -0.341 e. The fourth-order valence-electron chi connectivity index (χ4n) is 4.38. The molecule has 1 aromatic carbocycles. The van der Waals surface area contributed by atoms with Gasteiger partial charge in [-0.15, -0.1) is 11.3 Å². The number of aromatic nitrogens is 2. The van der Waals surface area contributed by atoms with E-state index in [-0.39, 0.29) is 17.2 Å². The second-order valence-electron chi connectivity index (χ2n) is 8.55. The number of likely N-dealkylation sites (tertiary alicyclic amines) is 1. The first-order valence-electron chi connectivity index (χ1n) is 10.3. The predicted octanol–water partition coefficient (Wildman–Crippen LogP) is 4.66. The summed E-state index contributed by atoms with van der Waals surface area (Å²) in [6.45, 7) is 10.1. The van der Waals surface area contributed by atoms with Crippen LogP contribution in [0.4, 0.5) is 0 Å². The van der Waals surface area contributed by atoms with Crippen molar-refractivity contribution in [2.75, 3.05) is 18.8 Å². The summed E-state index contributed by atoms with van der Waals surface area (Å²) in [7, 11) is 0. The molecule has 0 unspecified atom stereocenters. The van der Waals surface area contributed by atoms with Gasteiger partial charge in [-0.3, -0.25) is 14.2 Å². The molecular formula is C23H27N3O2S2. The monoisotopic (exact) mass is 441 g/mol. The van der Waals surface area contributed by atoms with Crippen molar-refractivity contribution in [3.05, 3.63) is 51.1 Å². The highest BCUT2D eigenvalue weighted by molar-refractivity contribution is 7.99. The number of hydrogen-bond acceptors (Lipinski definition) is 5. The van der Waals surface area contributed by atoms with Crippen molar-refractivity contribution >= 4 is 39.2 Å². The lowest BCUT2D eigenvalue weighted by Gasteiger charge is -2.35. The van der Waals surface area contributed by atoms with Crippen LogP contribution in [0.2, 0.25) is 0 Å². The molecule has 2 aromatic heterocycles. The highest BCUT2D eigenvalue weighted by Crippen LogP contribution is 2.26. The molecule has 2 atom stereocenters. The van der Waals surface area contributed by atoms with Crippen LogP contribution in [0, 0.1) is 25.7 Å². The van der Waals surface area contributed by atoms with E-state index in [1.54, 1.807) is 4.57 Å². The third kappa shape index (κ3) is 4.32. The fourth-order valence-corrected chi connectivity index (χ4v) is 6.06. The molecule has 1 aliphatic heterocycles. The van der Waals surface area contributed by atoms with Crippen LogP contribution in [0.3, 0.4) is 0 Å². The quantitative estimate of drug-likeness (QED) is 0.436. The molecule has 1 fully saturated rings. The number of piperidine rings is 1. The van der Waals surface area contributed by atoms with Gasteiger partial charge in [-0.05, 0) is 66.8 Å². The van der Waals surface area contributed by atoms with Crippen molar-refractivity contribution in [3.8, 4) is 5.69 Å². The topological polar surface area (TPSA) is 55.2 Å². The number of benzene rings is 1. The maximum Gasteiger partial charge on any atom is 0.276 e. The molecule has 3 heterocycles. The number of aryl methyl sites for hydroxylation is 2. The first-order valence-corrected chi connectivity index (χ1v) is 12.2. The van der Waals surface area contributed by atoms with Gasteiger partial charge in [-0.1, -0.05) is 31.7 Å². The molecule has 158 valence electrons. The van der Waals surface area contributed by atoms with E-state index < -0.39 is 0 Å². The van der Waals surface area contributed by atoms with Gasteiger partial charge < -0.3 is 4.90 Å². The average molecular weight is 442 g/mol. The Bertz CT molecular complexity index is 1120. The van der Waals surface area contributed by atoms with E-state index >= 15 is 0 Å². The number of hydrogen-bond donors (Lipinski definition) is 0. The van der Waals surface area contributed by atoms with Crippen molar-refractivity contribution in [2.45, 2.75) is 39.3 Å². The van der Waals surface area contributed by atoms with E-state index in [4.69, 9.17) is 4.98 Å². The zero-order valence-electron chi connectivity index (χ0n) is 17.8. The molecule has 1 aliphatic rings. The molecule has 30 heavy (non-hydrogen) atoms. The molecule has 0 radical (unpaired) electrons. The van der Waals surface area contributed by atoms with Gasteiger partial charge in [0, 0.05) is 13.1 Å². The third-order valence-electron chi connectivity index (χ3n) is 5.46. The van der Waals surface area contributed by atoms with E-state index in [1.165, 1.54) is 29.5 Å². The summed E-state index contributed by atoms with van der Waals surface area (Å²) in [4.78, 5) is 32.9. The Hall–Kier alpha value is -2.12. The number of carbonyl (C=O) groups excluding carboxylic acids is 1. The average Bonchev–Trinajstić information content (AvgIpc) is 3.13. The van der Waals surface area contributed by atoms with Gasteiger partial charge in [0.05, 0.1) is 17.0 Å². The second-order valence-corrected chi connectivity index (χ2v) is 10.4. The van der Waals surface area contributed by atoms with E-state index in [9.17, 15) is 9.59 Å². The van der Waals surface area contributed by atoms with Crippen molar-refractivity contribution in [1.82, 2.24) is 14.5 Å². The summed E-state index contributed by atoms with van der Waals surface area (Å²) in [5, 5.41) is 2.46. The number of thiophene rings is 1. The molecule has 5 nitrogen and oxygen atoms in total. The Morgan fingerprint density at radius 2 is 1.83 bits per heavy atom. The molecule has 0 aliphatic carbocycles. The summed E-state index contributed by atoms with van der Waals surface area (Å²) in [5.74, 6) is 1.45. The maximum absolute atomic E-state index is 13.3. The van der Waals surface area contributed by atoms with Crippen molar-refractivity contribution in [3.63, 3.8) is 0 Å². The molecule has 7 heteroatoms. The number of thioether (sulfide) groups is 1. The second kappa shape index (κ2) is 8.55.